The second-order valence-electron chi connectivity index (χ2n) is 3.28. The Kier molecular flexibility index (Phi) is 6.20. The van der Waals surface area contributed by atoms with Crippen molar-refractivity contribution in [1.29, 1.82) is 0 Å². The van der Waals surface area contributed by atoms with E-state index in [4.69, 9.17) is 5.11 Å². The van der Waals surface area contributed by atoms with Crippen molar-refractivity contribution in [2.24, 2.45) is 0 Å². The summed E-state index contributed by atoms with van der Waals surface area (Å²) in [6.45, 7) is 3.20. The summed E-state index contributed by atoms with van der Waals surface area (Å²) in [5.74, 6) is 3.02. The van der Waals surface area contributed by atoms with Crippen LogP contribution in [-0.4, -0.2) is 34.7 Å². The highest BCUT2D eigenvalue weighted by Crippen LogP contribution is 2.05. The molecule has 0 unspecified atom stereocenters. The Morgan fingerprint density at radius 2 is 2.27 bits per heavy atom. The maximum atomic E-state index is 8.59. The zero-order chi connectivity index (χ0) is 10.9. The van der Waals surface area contributed by atoms with E-state index in [1.807, 2.05) is 36.9 Å². The normalized spacial score (nSPS) is 10.3. The fraction of sp³-hybridized carbons (Fsp3) is 0.545. The van der Waals surface area contributed by atoms with Crippen LogP contribution in [0.5, 0.6) is 0 Å². The zero-order valence-corrected chi connectivity index (χ0v) is 9.89. The minimum Gasteiger partial charge on any atom is -0.396 e. The van der Waals surface area contributed by atoms with Crippen LogP contribution in [0.15, 0.2) is 18.2 Å². The van der Waals surface area contributed by atoms with E-state index in [0.29, 0.717) is 6.61 Å². The number of nitrogens with zero attached hydrogens (tertiary/aromatic N) is 1. The van der Waals surface area contributed by atoms with E-state index < -0.39 is 0 Å². The average molecular weight is 226 g/mol. The molecule has 0 fully saturated rings. The van der Waals surface area contributed by atoms with Gasteiger partial charge in [-0.15, -0.1) is 0 Å². The Balaban J connectivity index is 2.10. The molecule has 15 heavy (non-hydrogen) atoms. The summed E-state index contributed by atoms with van der Waals surface area (Å²) in [5, 5.41) is 11.9. The van der Waals surface area contributed by atoms with Gasteiger partial charge in [0, 0.05) is 24.6 Å². The van der Waals surface area contributed by atoms with Crippen LogP contribution in [0.2, 0.25) is 0 Å². The molecule has 0 spiro atoms. The molecule has 0 aliphatic rings. The summed E-state index contributed by atoms with van der Waals surface area (Å²) in [5.41, 5.74) is 1.04. The van der Waals surface area contributed by atoms with Crippen molar-refractivity contribution in [2.75, 3.05) is 30.0 Å². The predicted molar refractivity (Wildman–Crippen MR) is 66.5 cm³/mol. The summed E-state index contributed by atoms with van der Waals surface area (Å²) < 4.78 is 0. The number of aryl methyl sites for hydroxylation is 1. The van der Waals surface area contributed by atoms with Gasteiger partial charge in [0.25, 0.3) is 0 Å². The number of aliphatic hydroxyl groups is 1. The molecular formula is C11H18N2OS. The largest absolute Gasteiger partial charge is 0.396 e. The summed E-state index contributed by atoms with van der Waals surface area (Å²) in [6.07, 6.45) is 0.882. The first-order valence-corrected chi connectivity index (χ1v) is 6.34. The van der Waals surface area contributed by atoms with E-state index in [-0.39, 0.29) is 0 Å². The Labute approximate surface area is 95.3 Å². The molecule has 3 nitrogen and oxygen atoms in total. The molecule has 0 bridgehead atoms. The third-order valence-corrected chi connectivity index (χ3v) is 2.96. The summed E-state index contributed by atoms with van der Waals surface area (Å²) >= 11 is 1.85. The highest BCUT2D eigenvalue weighted by molar-refractivity contribution is 7.99. The molecule has 0 saturated heterocycles. The molecule has 84 valence electrons. The Hall–Kier alpha value is -0.740. The summed E-state index contributed by atoms with van der Waals surface area (Å²) in [4.78, 5) is 4.35. The van der Waals surface area contributed by atoms with Crippen molar-refractivity contribution >= 4 is 17.6 Å². The molecule has 1 aromatic heterocycles. The summed E-state index contributed by atoms with van der Waals surface area (Å²) in [7, 11) is 0. The van der Waals surface area contributed by atoms with Crippen molar-refractivity contribution in [3.8, 4) is 0 Å². The lowest BCUT2D eigenvalue weighted by Crippen LogP contribution is -2.06. The molecule has 4 heteroatoms. The van der Waals surface area contributed by atoms with Gasteiger partial charge in [-0.3, -0.25) is 0 Å². The van der Waals surface area contributed by atoms with Gasteiger partial charge in [0.15, 0.2) is 0 Å². The number of thioether (sulfide) groups is 1. The van der Waals surface area contributed by atoms with Gasteiger partial charge in [-0.25, -0.2) is 4.98 Å². The van der Waals surface area contributed by atoms with E-state index in [2.05, 4.69) is 10.3 Å². The SMILES string of the molecule is Cc1cccc(NCCSCCCO)n1. The predicted octanol–water partition coefficient (Wildman–Crippen LogP) is 1.92. The minimum absolute atomic E-state index is 0.292. The van der Waals surface area contributed by atoms with Crippen molar-refractivity contribution in [3.63, 3.8) is 0 Å². The van der Waals surface area contributed by atoms with Gasteiger partial charge < -0.3 is 10.4 Å². The van der Waals surface area contributed by atoms with E-state index in [1.54, 1.807) is 0 Å². The van der Waals surface area contributed by atoms with Crippen LogP contribution in [0, 0.1) is 6.92 Å². The highest BCUT2D eigenvalue weighted by Gasteiger charge is 1.93. The average Bonchev–Trinajstić information content (AvgIpc) is 2.23. The molecule has 0 aromatic carbocycles. The minimum atomic E-state index is 0.292. The van der Waals surface area contributed by atoms with Crippen LogP contribution in [0.4, 0.5) is 5.82 Å². The Morgan fingerprint density at radius 3 is 3.00 bits per heavy atom. The molecule has 0 amide bonds. The molecule has 0 saturated carbocycles. The fourth-order valence-corrected chi connectivity index (χ4v) is 1.95. The highest BCUT2D eigenvalue weighted by atomic mass is 32.2. The van der Waals surface area contributed by atoms with E-state index in [1.165, 1.54) is 0 Å². The number of hydrogen-bond donors (Lipinski definition) is 2. The molecule has 1 heterocycles. The maximum Gasteiger partial charge on any atom is 0.126 e. The Bertz CT molecular complexity index is 281. The van der Waals surface area contributed by atoms with Gasteiger partial charge in [0.2, 0.25) is 0 Å². The van der Waals surface area contributed by atoms with Crippen LogP contribution < -0.4 is 5.32 Å². The van der Waals surface area contributed by atoms with Crippen molar-refractivity contribution in [2.45, 2.75) is 13.3 Å². The number of rotatable bonds is 7. The standard InChI is InChI=1S/C11H18N2OS/c1-10-4-2-5-11(13-10)12-6-9-15-8-3-7-14/h2,4-5,14H,3,6-9H2,1H3,(H,12,13). The van der Waals surface area contributed by atoms with Crippen LogP contribution in [0.1, 0.15) is 12.1 Å². The van der Waals surface area contributed by atoms with Crippen molar-refractivity contribution < 1.29 is 5.11 Å². The lowest BCUT2D eigenvalue weighted by Gasteiger charge is -2.05. The number of pyridine rings is 1. The molecule has 1 aromatic rings. The van der Waals surface area contributed by atoms with Crippen LogP contribution in [0.3, 0.4) is 0 Å². The molecule has 0 radical (unpaired) electrons. The van der Waals surface area contributed by atoms with Gasteiger partial charge in [-0.1, -0.05) is 6.07 Å². The number of aliphatic hydroxyl groups excluding tert-OH is 1. The lowest BCUT2D eigenvalue weighted by atomic mass is 10.4. The monoisotopic (exact) mass is 226 g/mol. The Morgan fingerprint density at radius 1 is 1.40 bits per heavy atom. The van der Waals surface area contributed by atoms with Gasteiger partial charge in [0.05, 0.1) is 0 Å². The number of anilines is 1. The van der Waals surface area contributed by atoms with Gasteiger partial charge in [-0.05, 0) is 31.2 Å². The second kappa shape index (κ2) is 7.54. The van der Waals surface area contributed by atoms with Gasteiger partial charge in [-0.2, -0.15) is 11.8 Å². The molecule has 0 atom stereocenters. The quantitative estimate of drug-likeness (QED) is 0.697. The zero-order valence-electron chi connectivity index (χ0n) is 9.07. The number of hydrogen-bond acceptors (Lipinski definition) is 4. The van der Waals surface area contributed by atoms with Crippen molar-refractivity contribution in [3.05, 3.63) is 23.9 Å². The first-order valence-electron chi connectivity index (χ1n) is 5.19. The van der Waals surface area contributed by atoms with Gasteiger partial charge >= 0.3 is 0 Å². The van der Waals surface area contributed by atoms with Crippen molar-refractivity contribution in [1.82, 2.24) is 4.98 Å². The molecule has 0 aliphatic carbocycles. The topological polar surface area (TPSA) is 45.1 Å². The molecular weight excluding hydrogens is 208 g/mol. The van der Waals surface area contributed by atoms with Crippen LogP contribution in [0.25, 0.3) is 0 Å². The van der Waals surface area contributed by atoms with Crippen LogP contribution in [-0.2, 0) is 0 Å². The smallest absolute Gasteiger partial charge is 0.126 e. The molecule has 1 rings (SSSR count). The maximum absolute atomic E-state index is 8.59. The number of nitrogens with one attached hydrogen (secondary N) is 1. The first-order chi connectivity index (χ1) is 7.33. The first kappa shape index (κ1) is 12.3. The number of aromatic nitrogens is 1. The molecule has 0 aliphatic heterocycles. The molecule has 2 N–H and O–H groups in total. The van der Waals surface area contributed by atoms with E-state index >= 15 is 0 Å². The van der Waals surface area contributed by atoms with Crippen LogP contribution >= 0.6 is 11.8 Å². The fourth-order valence-electron chi connectivity index (χ4n) is 1.16. The third-order valence-electron chi connectivity index (χ3n) is 1.89. The van der Waals surface area contributed by atoms with E-state index in [9.17, 15) is 0 Å². The third kappa shape index (κ3) is 5.64. The van der Waals surface area contributed by atoms with Gasteiger partial charge in [0.1, 0.15) is 5.82 Å². The summed E-state index contributed by atoms with van der Waals surface area (Å²) in [6, 6.07) is 5.97. The lowest BCUT2D eigenvalue weighted by molar-refractivity contribution is 0.296. The second-order valence-corrected chi connectivity index (χ2v) is 4.51. The van der Waals surface area contributed by atoms with E-state index in [0.717, 1.165) is 36.0 Å².